The number of hydrogen-bond acceptors (Lipinski definition) is 7. The molecule has 10 heteroatoms. The fourth-order valence-electron chi connectivity index (χ4n) is 9.12. The Balaban J connectivity index is 0.786. The summed E-state index contributed by atoms with van der Waals surface area (Å²) in [6.45, 7) is 10.2. The fourth-order valence-corrected chi connectivity index (χ4v) is 10.2. The Labute approximate surface area is 322 Å². The van der Waals surface area contributed by atoms with Gasteiger partial charge in [-0.05, 0) is 97.8 Å². The minimum atomic E-state index is -0.582. The lowest BCUT2D eigenvalue weighted by Crippen LogP contribution is -2.52. The van der Waals surface area contributed by atoms with Crippen LogP contribution in [0.3, 0.4) is 0 Å². The van der Waals surface area contributed by atoms with Gasteiger partial charge >= 0.3 is 0 Å². The van der Waals surface area contributed by atoms with Crippen LogP contribution < -0.4 is 15.5 Å². The predicted octanol–water partition coefficient (Wildman–Crippen LogP) is 7.27. The summed E-state index contributed by atoms with van der Waals surface area (Å²) in [6.07, 6.45) is 8.37. The molecule has 282 valence electrons. The molecule has 0 bridgehead atoms. The van der Waals surface area contributed by atoms with E-state index in [1.807, 2.05) is 24.3 Å². The number of carbonyl (C=O) groups excluding carboxylic acids is 4. The van der Waals surface area contributed by atoms with Gasteiger partial charge in [-0.2, -0.15) is 0 Å². The number of fused-ring (bicyclic) bond motifs is 5. The molecular formula is C44H51N5O4S. The van der Waals surface area contributed by atoms with Crippen molar-refractivity contribution in [2.24, 2.45) is 0 Å². The zero-order valence-electron chi connectivity index (χ0n) is 31.7. The summed E-state index contributed by atoms with van der Waals surface area (Å²) in [5, 5.41) is 7.24. The van der Waals surface area contributed by atoms with Crippen molar-refractivity contribution in [3.05, 3.63) is 93.7 Å². The molecule has 8 rings (SSSR count). The van der Waals surface area contributed by atoms with Crippen LogP contribution in [-0.2, 0) is 28.0 Å². The number of nitrogens with one attached hydrogen (secondary N) is 3. The van der Waals surface area contributed by atoms with Crippen LogP contribution in [0.25, 0.3) is 10.9 Å². The number of unbranched alkanes of at least 4 members (excludes halogenated alkanes) is 3. The third kappa shape index (κ3) is 6.65. The van der Waals surface area contributed by atoms with Crippen molar-refractivity contribution in [2.75, 3.05) is 30.3 Å². The number of aromatic nitrogens is 1. The average Bonchev–Trinajstić information content (AvgIpc) is 3.74. The third-order valence-electron chi connectivity index (χ3n) is 12.2. The fraction of sp³-hybridized carbons (Fsp3) is 0.455. The summed E-state index contributed by atoms with van der Waals surface area (Å²) in [5.74, 6) is 0.377. The maximum atomic E-state index is 14.0. The van der Waals surface area contributed by atoms with Gasteiger partial charge in [0.1, 0.15) is 6.04 Å². The highest BCUT2D eigenvalue weighted by molar-refractivity contribution is 7.99. The van der Waals surface area contributed by atoms with Crippen LogP contribution in [-0.4, -0.2) is 70.9 Å². The smallest absolute Gasteiger partial charge is 0.255 e. The first-order valence-electron chi connectivity index (χ1n) is 19.9. The standard InChI is InChI=1S/C44H51N5O4S/c1-4-27-24-31-33(44(2,3)41-39(40(31)51)30-12-7-8-14-34(30)46-41)25-36(27)48-21-18-28(19-22-48)45-20-9-5-6-10-23-54-37-15-11-13-29-32(37)26-49(43(29)53)35-16-17-38(50)47-42(35)52/h7-8,11-15,24-25,28,35,45-46H,4-6,9-10,16-23,26H2,1-3H3,(H,47,50,52). The van der Waals surface area contributed by atoms with Crippen LogP contribution >= 0.6 is 11.8 Å². The van der Waals surface area contributed by atoms with Gasteiger partial charge in [-0.15, -0.1) is 11.8 Å². The highest BCUT2D eigenvalue weighted by Gasteiger charge is 2.41. The number of aryl methyl sites for hydroxylation is 1. The molecule has 3 amide bonds. The van der Waals surface area contributed by atoms with Crippen molar-refractivity contribution in [3.63, 3.8) is 0 Å². The van der Waals surface area contributed by atoms with Crippen molar-refractivity contribution < 1.29 is 19.2 Å². The van der Waals surface area contributed by atoms with E-state index in [1.165, 1.54) is 24.1 Å². The van der Waals surface area contributed by atoms with Gasteiger partial charge in [0.25, 0.3) is 5.91 Å². The lowest BCUT2D eigenvalue weighted by molar-refractivity contribution is -0.136. The number of imide groups is 1. The SMILES string of the molecule is CCc1cc2c(cc1N1CCC(NCCCCCCSc3cccc4c3CN(C3CCC(=O)NC3=O)C4=O)CC1)C(C)(C)c1[nH]c3ccccc3c1C2=O. The van der Waals surface area contributed by atoms with Crippen molar-refractivity contribution in [1.29, 1.82) is 0 Å². The van der Waals surface area contributed by atoms with E-state index < -0.39 is 6.04 Å². The average molecular weight is 746 g/mol. The number of nitrogens with zero attached hydrogens (tertiary/aromatic N) is 2. The molecule has 1 atom stereocenters. The minimum Gasteiger partial charge on any atom is -0.371 e. The van der Waals surface area contributed by atoms with Crippen molar-refractivity contribution in [2.45, 2.75) is 107 Å². The van der Waals surface area contributed by atoms with E-state index in [0.29, 0.717) is 24.6 Å². The number of para-hydroxylation sites is 1. The van der Waals surface area contributed by atoms with Crippen LogP contribution in [0.5, 0.6) is 0 Å². The highest BCUT2D eigenvalue weighted by Crippen LogP contribution is 2.46. The van der Waals surface area contributed by atoms with Gasteiger partial charge in [0.05, 0.1) is 5.56 Å². The minimum absolute atomic E-state index is 0.115. The molecule has 1 aromatic heterocycles. The maximum Gasteiger partial charge on any atom is 0.255 e. The van der Waals surface area contributed by atoms with E-state index >= 15 is 0 Å². The van der Waals surface area contributed by atoms with Gasteiger partial charge in [0.2, 0.25) is 11.8 Å². The zero-order valence-corrected chi connectivity index (χ0v) is 32.5. The topological polar surface area (TPSA) is 115 Å². The van der Waals surface area contributed by atoms with E-state index in [2.05, 4.69) is 71.6 Å². The van der Waals surface area contributed by atoms with Crippen LogP contribution in [0.2, 0.25) is 0 Å². The number of anilines is 1. The van der Waals surface area contributed by atoms with Gasteiger partial charge in [-0.1, -0.05) is 57.9 Å². The molecule has 4 heterocycles. The normalized spacial score (nSPS) is 19.6. The van der Waals surface area contributed by atoms with E-state index in [0.717, 1.165) is 101 Å². The van der Waals surface area contributed by atoms with E-state index in [4.69, 9.17) is 0 Å². The van der Waals surface area contributed by atoms with Crippen LogP contribution in [0.4, 0.5) is 5.69 Å². The molecule has 0 spiro atoms. The number of thioether (sulfide) groups is 1. The second kappa shape index (κ2) is 15.0. The van der Waals surface area contributed by atoms with Gasteiger partial charge in [-0.3, -0.25) is 24.5 Å². The number of H-pyrrole nitrogens is 1. The van der Waals surface area contributed by atoms with Crippen LogP contribution in [0.15, 0.2) is 59.5 Å². The molecule has 0 radical (unpaired) electrons. The molecule has 3 aromatic carbocycles. The monoisotopic (exact) mass is 745 g/mol. The van der Waals surface area contributed by atoms with E-state index in [-0.39, 0.29) is 35.3 Å². The lowest BCUT2D eigenvalue weighted by Gasteiger charge is -2.38. The van der Waals surface area contributed by atoms with Crippen molar-refractivity contribution in [3.8, 4) is 0 Å². The van der Waals surface area contributed by atoms with Crippen LogP contribution in [0.1, 0.15) is 121 Å². The largest absolute Gasteiger partial charge is 0.371 e. The van der Waals surface area contributed by atoms with Gasteiger partial charge in [-0.25, -0.2) is 0 Å². The number of piperidine rings is 2. The Morgan fingerprint density at radius 2 is 1.70 bits per heavy atom. The number of carbonyl (C=O) groups is 4. The molecule has 4 aromatic rings. The first-order valence-corrected chi connectivity index (χ1v) is 20.8. The summed E-state index contributed by atoms with van der Waals surface area (Å²) in [4.78, 5) is 60.1. The quantitative estimate of drug-likeness (QED) is 0.0794. The van der Waals surface area contributed by atoms with Gasteiger partial charge in [0, 0.05) is 75.8 Å². The molecule has 2 saturated heterocycles. The summed E-state index contributed by atoms with van der Waals surface area (Å²) in [7, 11) is 0. The molecule has 54 heavy (non-hydrogen) atoms. The third-order valence-corrected chi connectivity index (χ3v) is 13.4. The van der Waals surface area contributed by atoms with Crippen LogP contribution in [0, 0.1) is 0 Å². The molecule has 3 aliphatic heterocycles. The van der Waals surface area contributed by atoms with E-state index in [1.54, 1.807) is 16.7 Å². The molecule has 1 aliphatic carbocycles. The molecule has 0 saturated carbocycles. The number of benzene rings is 3. The lowest BCUT2D eigenvalue weighted by atomic mass is 9.70. The van der Waals surface area contributed by atoms with Gasteiger partial charge < -0.3 is 20.1 Å². The Hall–Kier alpha value is -4.41. The molecule has 2 fully saturated rings. The molecule has 9 nitrogen and oxygen atoms in total. The number of rotatable bonds is 12. The molecule has 4 aliphatic rings. The Bertz CT molecular complexity index is 2130. The summed E-state index contributed by atoms with van der Waals surface area (Å²) < 4.78 is 0. The predicted molar refractivity (Wildman–Crippen MR) is 215 cm³/mol. The Morgan fingerprint density at radius 1 is 0.907 bits per heavy atom. The van der Waals surface area contributed by atoms with Gasteiger partial charge in [0.15, 0.2) is 5.78 Å². The second-order valence-corrected chi connectivity index (χ2v) is 17.1. The Morgan fingerprint density at radius 3 is 2.50 bits per heavy atom. The second-order valence-electron chi connectivity index (χ2n) is 15.9. The molecular weight excluding hydrogens is 695 g/mol. The van der Waals surface area contributed by atoms with Crippen molar-refractivity contribution >= 4 is 51.9 Å². The van der Waals surface area contributed by atoms with Crippen molar-refractivity contribution in [1.82, 2.24) is 20.5 Å². The summed E-state index contributed by atoms with van der Waals surface area (Å²) in [6, 6.07) is 18.5. The summed E-state index contributed by atoms with van der Waals surface area (Å²) >= 11 is 1.80. The maximum absolute atomic E-state index is 14.0. The number of aromatic amines is 1. The highest BCUT2D eigenvalue weighted by atomic mass is 32.2. The molecule has 1 unspecified atom stereocenters. The van der Waals surface area contributed by atoms with E-state index in [9.17, 15) is 19.2 Å². The first kappa shape index (κ1) is 36.6. The number of amides is 3. The first-order chi connectivity index (χ1) is 26.2. The molecule has 3 N–H and O–H groups in total. The number of ketones is 1. The zero-order chi connectivity index (χ0) is 37.6. The Kier molecular flexibility index (Phi) is 10.2. The number of hydrogen-bond donors (Lipinski definition) is 3. The summed E-state index contributed by atoms with van der Waals surface area (Å²) in [5.41, 5.74) is 8.78.